The van der Waals surface area contributed by atoms with Crippen molar-refractivity contribution < 1.29 is 15.0 Å². The van der Waals surface area contributed by atoms with Crippen LogP contribution in [0.5, 0.6) is 0 Å². The molecular formula is C17H30N2O3. The average molecular weight is 310 g/mol. The van der Waals surface area contributed by atoms with Crippen LogP contribution in [-0.4, -0.2) is 71.7 Å². The molecule has 0 radical (unpaired) electrons. The van der Waals surface area contributed by atoms with Crippen molar-refractivity contribution in [1.82, 2.24) is 9.80 Å². The molecule has 2 atom stereocenters. The van der Waals surface area contributed by atoms with Crippen molar-refractivity contribution >= 4 is 5.78 Å². The minimum atomic E-state index is 0.122. The lowest BCUT2D eigenvalue weighted by Crippen LogP contribution is -2.39. The summed E-state index contributed by atoms with van der Waals surface area (Å²) in [4.78, 5) is 16.4. The topological polar surface area (TPSA) is 64.0 Å². The van der Waals surface area contributed by atoms with Gasteiger partial charge in [-0.25, -0.2) is 0 Å². The highest BCUT2D eigenvalue weighted by Crippen LogP contribution is 2.19. The summed E-state index contributed by atoms with van der Waals surface area (Å²) in [6.45, 7) is 6.45. The maximum atomic E-state index is 12.0. The Kier molecular flexibility index (Phi) is 6.86. The molecule has 0 aromatic carbocycles. The van der Waals surface area contributed by atoms with Crippen LogP contribution in [0.25, 0.3) is 0 Å². The van der Waals surface area contributed by atoms with Gasteiger partial charge < -0.3 is 15.1 Å². The van der Waals surface area contributed by atoms with E-state index in [2.05, 4.69) is 9.80 Å². The molecule has 0 amide bonds. The fourth-order valence-corrected chi connectivity index (χ4v) is 3.51. The fraction of sp³-hybridized carbons (Fsp3) is 0.824. The average Bonchev–Trinajstić information content (AvgIpc) is 2.54. The molecule has 0 spiro atoms. The van der Waals surface area contributed by atoms with Gasteiger partial charge in [-0.2, -0.15) is 0 Å². The molecule has 2 rings (SSSR count). The van der Waals surface area contributed by atoms with Crippen LogP contribution in [0.4, 0.5) is 0 Å². The number of hydrogen-bond acceptors (Lipinski definition) is 5. The molecule has 2 fully saturated rings. The molecule has 2 aliphatic rings. The van der Waals surface area contributed by atoms with Crippen LogP contribution in [0.1, 0.15) is 32.6 Å². The number of carbonyl (C=O) groups excluding carboxylic acids is 1. The summed E-state index contributed by atoms with van der Waals surface area (Å²) in [7, 11) is 0. The Morgan fingerprint density at radius 2 is 1.73 bits per heavy atom. The van der Waals surface area contributed by atoms with Crippen LogP contribution >= 0.6 is 0 Å². The first-order valence-corrected chi connectivity index (χ1v) is 8.52. The number of piperidine rings is 2. The van der Waals surface area contributed by atoms with E-state index >= 15 is 0 Å². The summed E-state index contributed by atoms with van der Waals surface area (Å²) in [6.07, 6.45) is 6.32. The third kappa shape index (κ3) is 5.07. The summed E-state index contributed by atoms with van der Waals surface area (Å²) in [5, 5.41) is 18.7. The fourth-order valence-electron chi connectivity index (χ4n) is 3.51. The van der Waals surface area contributed by atoms with Gasteiger partial charge in [-0.1, -0.05) is 0 Å². The normalized spacial score (nSPS) is 28.0. The van der Waals surface area contributed by atoms with Gasteiger partial charge in [-0.05, 0) is 51.0 Å². The molecule has 0 aromatic heterocycles. The largest absolute Gasteiger partial charge is 0.396 e. The lowest BCUT2D eigenvalue weighted by molar-refractivity contribution is -0.114. The van der Waals surface area contributed by atoms with Crippen molar-refractivity contribution in [3.05, 3.63) is 11.8 Å². The zero-order chi connectivity index (χ0) is 15.9. The smallest absolute Gasteiger partial charge is 0.158 e. The molecule has 0 saturated carbocycles. The van der Waals surface area contributed by atoms with Gasteiger partial charge in [0.1, 0.15) is 0 Å². The molecule has 0 aliphatic carbocycles. The minimum absolute atomic E-state index is 0.122. The number of aliphatic hydroxyl groups excluding tert-OH is 2. The lowest BCUT2D eigenvalue weighted by Gasteiger charge is -2.34. The van der Waals surface area contributed by atoms with Crippen molar-refractivity contribution in [1.29, 1.82) is 0 Å². The van der Waals surface area contributed by atoms with Crippen molar-refractivity contribution in [3.8, 4) is 0 Å². The highest BCUT2D eigenvalue weighted by atomic mass is 16.3. The summed E-state index contributed by atoms with van der Waals surface area (Å²) in [5.74, 6) is 0.792. The molecule has 2 heterocycles. The number of ketones is 1. The second kappa shape index (κ2) is 8.65. The van der Waals surface area contributed by atoms with E-state index in [1.807, 2.05) is 6.20 Å². The number of carbonyl (C=O) groups is 1. The Hall–Kier alpha value is -0.910. The van der Waals surface area contributed by atoms with Gasteiger partial charge in [0, 0.05) is 51.2 Å². The second-order valence-electron chi connectivity index (χ2n) is 6.82. The predicted molar refractivity (Wildman–Crippen MR) is 86.4 cm³/mol. The van der Waals surface area contributed by atoms with Crippen LogP contribution < -0.4 is 0 Å². The molecule has 22 heavy (non-hydrogen) atoms. The van der Waals surface area contributed by atoms with E-state index < -0.39 is 0 Å². The van der Waals surface area contributed by atoms with E-state index in [1.165, 1.54) is 0 Å². The first-order valence-electron chi connectivity index (χ1n) is 8.52. The number of hydrogen-bond donors (Lipinski definition) is 2. The van der Waals surface area contributed by atoms with Gasteiger partial charge in [-0.15, -0.1) is 0 Å². The second-order valence-corrected chi connectivity index (χ2v) is 6.82. The molecule has 2 N–H and O–H groups in total. The molecule has 0 bridgehead atoms. The van der Waals surface area contributed by atoms with E-state index in [0.29, 0.717) is 18.4 Å². The maximum Gasteiger partial charge on any atom is 0.158 e. The van der Waals surface area contributed by atoms with E-state index in [-0.39, 0.29) is 19.0 Å². The van der Waals surface area contributed by atoms with Crippen LogP contribution in [0.2, 0.25) is 0 Å². The lowest BCUT2D eigenvalue weighted by atomic mass is 9.97. The maximum absolute atomic E-state index is 12.0. The predicted octanol–water partition coefficient (Wildman–Crippen LogP) is 0.868. The van der Waals surface area contributed by atoms with Crippen LogP contribution in [0.15, 0.2) is 11.8 Å². The molecule has 2 aliphatic heterocycles. The number of likely N-dealkylation sites (tertiary alicyclic amines) is 2. The first kappa shape index (κ1) is 17.4. The molecule has 0 aromatic rings. The van der Waals surface area contributed by atoms with Gasteiger partial charge in [0.05, 0.1) is 0 Å². The van der Waals surface area contributed by atoms with Crippen molar-refractivity contribution in [2.24, 2.45) is 11.8 Å². The first-order chi connectivity index (χ1) is 10.6. The molecule has 126 valence electrons. The quantitative estimate of drug-likeness (QED) is 0.713. The Balaban J connectivity index is 1.96. The number of Topliss-reactive ketones (excluding diaryl/α,β-unsaturated/α-hetero) is 1. The van der Waals surface area contributed by atoms with Crippen LogP contribution in [0.3, 0.4) is 0 Å². The molecule has 2 saturated heterocycles. The van der Waals surface area contributed by atoms with Crippen molar-refractivity contribution in [2.75, 3.05) is 45.9 Å². The van der Waals surface area contributed by atoms with E-state index in [0.717, 1.165) is 57.4 Å². The van der Waals surface area contributed by atoms with E-state index in [9.17, 15) is 15.0 Å². The number of nitrogens with zero attached hydrogens (tertiary/aromatic N) is 2. The van der Waals surface area contributed by atoms with Gasteiger partial charge >= 0.3 is 0 Å². The summed E-state index contributed by atoms with van der Waals surface area (Å²) >= 11 is 0. The van der Waals surface area contributed by atoms with E-state index in [1.54, 1.807) is 6.92 Å². The standard InChI is InChI=1S/C17H30N2O3/c1-14(22)17(10-18-6-2-4-15(8-18)12-20)11-19-7-3-5-16(9-19)13-21/h10,15-16,20-21H,2-9,11-13H2,1H3/b17-10-. The Morgan fingerprint density at radius 1 is 1.09 bits per heavy atom. The summed E-state index contributed by atoms with van der Waals surface area (Å²) in [6, 6.07) is 0. The number of rotatable bonds is 6. The summed E-state index contributed by atoms with van der Waals surface area (Å²) < 4.78 is 0. The van der Waals surface area contributed by atoms with Crippen molar-refractivity contribution in [2.45, 2.75) is 32.6 Å². The molecule has 2 unspecified atom stereocenters. The highest BCUT2D eigenvalue weighted by Gasteiger charge is 2.22. The van der Waals surface area contributed by atoms with Crippen molar-refractivity contribution in [3.63, 3.8) is 0 Å². The number of aliphatic hydroxyl groups is 2. The third-order valence-electron chi connectivity index (χ3n) is 4.85. The SMILES string of the molecule is CC(=O)/C(=C\N1CCCC(CO)C1)CN1CCCC(CO)C1. The molecule has 5 nitrogen and oxygen atoms in total. The highest BCUT2D eigenvalue weighted by molar-refractivity contribution is 5.93. The zero-order valence-electron chi connectivity index (χ0n) is 13.7. The summed E-state index contributed by atoms with van der Waals surface area (Å²) in [5.41, 5.74) is 0.845. The van der Waals surface area contributed by atoms with Crippen LogP contribution in [-0.2, 0) is 4.79 Å². The minimum Gasteiger partial charge on any atom is -0.396 e. The van der Waals surface area contributed by atoms with Gasteiger partial charge in [-0.3, -0.25) is 9.69 Å². The van der Waals surface area contributed by atoms with E-state index in [4.69, 9.17) is 0 Å². The van der Waals surface area contributed by atoms with Gasteiger partial charge in [0.2, 0.25) is 0 Å². The molecular weight excluding hydrogens is 280 g/mol. The van der Waals surface area contributed by atoms with Crippen LogP contribution in [0, 0.1) is 11.8 Å². The third-order valence-corrected chi connectivity index (χ3v) is 4.85. The Labute approximate surface area is 133 Å². The molecule has 5 heteroatoms. The van der Waals surface area contributed by atoms with Gasteiger partial charge in [0.15, 0.2) is 5.78 Å². The van der Waals surface area contributed by atoms with Gasteiger partial charge in [0.25, 0.3) is 0 Å². The Bertz CT molecular complexity index is 397. The zero-order valence-corrected chi connectivity index (χ0v) is 13.7. The monoisotopic (exact) mass is 310 g/mol. The Morgan fingerprint density at radius 3 is 2.36 bits per heavy atom.